The molecular formula is C18H21BrS. The molecule has 0 heterocycles. The minimum Gasteiger partial charge on any atom is -0.0889 e. The van der Waals surface area contributed by atoms with E-state index in [2.05, 4.69) is 75.7 Å². The van der Waals surface area contributed by atoms with Crippen LogP contribution >= 0.6 is 27.7 Å². The Morgan fingerprint density at radius 1 is 0.700 bits per heavy atom. The lowest BCUT2D eigenvalue weighted by molar-refractivity contribution is 1.14. The fourth-order valence-electron chi connectivity index (χ4n) is 2.73. The molecule has 0 unspecified atom stereocenters. The zero-order valence-electron chi connectivity index (χ0n) is 13.0. The Morgan fingerprint density at radius 2 is 1.20 bits per heavy atom. The van der Waals surface area contributed by atoms with Gasteiger partial charge in [-0.05, 0) is 69.4 Å². The molecule has 0 aliphatic rings. The van der Waals surface area contributed by atoms with Gasteiger partial charge in [0, 0.05) is 14.3 Å². The van der Waals surface area contributed by atoms with Crippen molar-refractivity contribution in [3.8, 4) is 0 Å². The minimum atomic E-state index is 1.23. The van der Waals surface area contributed by atoms with Crippen LogP contribution in [0.25, 0.3) is 0 Å². The van der Waals surface area contributed by atoms with Crippen LogP contribution in [0, 0.1) is 41.5 Å². The first-order chi connectivity index (χ1) is 9.31. The van der Waals surface area contributed by atoms with Gasteiger partial charge < -0.3 is 0 Å². The van der Waals surface area contributed by atoms with Crippen molar-refractivity contribution in [3.05, 3.63) is 56.1 Å². The van der Waals surface area contributed by atoms with Crippen molar-refractivity contribution in [3.63, 3.8) is 0 Å². The molecule has 0 radical (unpaired) electrons. The van der Waals surface area contributed by atoms with Gasteiger partial charge in [0.15, 0.2) is 0 Å². The lowest BCUT2D eigenvalue weighted by Gasteiger charge is -2.16. The molecule has 0 nitrogen and oxygen atoms in total. The smallest absolute Gasteiger partial charge is 0.0245 e. The molecule has 2 aromatic carbocycles. The Hall–Kier alpha value is -0.730. The molecule has 0 N–H and O–H groups in total. The standard InChI is InChI=1S/C18H21BrS/c1-10-7-12(3)17(13(4)8-10)20-18-14(5)9-11(2)16(19)15(18)6/h7-9H,1-6H3. The number of aryl methyl sites for hydroxylation is 5. The minimum absolute atomic E-state index is 1.23. The van der Waals surface area contributed by atoms with Crippen LogP contribution in [0.5, 0.6) is 0 Å². The van der Waals surface area contributed by atoms with E-state index in [0.717, 1.165) is 0 Å². The molecule has 0 amide bonds. The van der Waals surface area contributed by atoms with Crippen LogP contribution in [0.15, 0.2) is 32.5 Å². The van der Waals surface area contributed by atoms with Crippen molar-refractivity contribution >= 4 is 27.7 Å². The number of hydrogen-bond donors (Lipinski definition) is 0. The van der Waals surface area contributed by atoms with Crippen LogP contribution in [-0.2, 0) is 0 Å². The maximum Gasteiger partial charge on any atom is 0.0245 e. The van der Waals surface area contributed by atoms with Crippen molar-refractivity contribution in [2.75, 3.05) is 0 Å². The van der Waals surface area contributed by atoms with Crippen molar-refractivity contribution < 1.29 is 0 Å². The average Bonchev–Trinajstić information content (AvgIpc) is 2.34. The Morgan fingerprint density at radius 3 is 1.75 bits per heavy atom. The average molecular weight is 349 g/mol. The van der Waals surface area contributed by atoms with Gasteiger partial charge in [-0.3, -0.25) is 0 Å². The number of halogens is 1. The summed E-state index contributed by atoms with van der Waals surface area (Å²) in [5, 5.41) is 0. The van der Waals surface area contributed by atoms with Gasteiger partial charge in [-0.2, -0.15) is 0 Å². The van der Waals surface area contributed by atoms with Crippen LogP contribution in [0.1, 0.15) is 33.4 Å². The molecule has 0 saturated heterocycles. The third-order valence-corrected chi connectivity index (χ3v) is 6.52. The second kappa shape index (κ2) is 5.95. The zero-order chi connectivity index (χ0) is 15.0. The van der Waals surface area contributed by atoms with E-state index in [1.54, 1.807) is 0 Å². The van der Waals surface area contributed by atoms with Gasteiger partial charge in [0.05, 0.1) is 0 Å². The number of benzene rings is 2. The van der Waals surface area contributed by atoms with E-state index in [9.17, 15) is 0 Å². The van der Waals surface area contributed by atoms with Gasteiger partial charge in [0.1, 0.15) is 0 Å². The Labute approximate surface area is 135 Å². The van der Waals surface area contributed by atoms with Gasteiger partial charge in [-0.25, -0.2) is 0 Å². The predicted octanol–water partition coefficient (Wildman–Crippen LogP) is 6.45. The molecule has 20 heavy (non-hydrogen) atoms. The van der Waals surface area contributed by atoms with E-state index in [1.165, 1.54) is 47.6 Å². The molecule has 0 saturated carbocycles. The first-order valence-electron chi connectivity index (χ1n) is 6.83. The topological polar surface area (TPSA) is 0 Å². The quantitative estimate of drug-likeness (QED) is 0.600. The summed E-state index contributed by atoms with van der Waals surface area (Å²) in [5.74, 6) is 0. The van der Waals surface area contributed by atoms with Gasteiger partial charge >= 0.3 is 0 Å². The van der Waals surface area contributed by atoms with E-state index in [-0.39, 0.29) is 0 Å². The van der Waals surface area contributed by atoms with Crippen LogP contribution in [-0.4, -0.2) is 0 Å². The SMILES string of the molecule is Cc1cc(C)c(Sc2c(C)cc(C)c(Br)c2C)c(C)c1. The second-order valence-corrected chi connectivity index (χ2v) is 7.42. The fourth-order valence-corrected chi connectivity index (χ4v) is 4.29. The maximum atomic E-state index is 3.71. The van der Waals surface area contributed by atoms with Gasteiger partial charge in [0.2, 0.25) is 0 Å². The lowest BCUT2D eigenvalue weighted by atomic mass is 10.1. The Kier molecular flexibility index (Phi) is 4.66. The van der Waals surface area contributed by atoms with E-state index < -0.39 is 0 Å². The maximum absolute atomic E-state index is 3.71. The predicted molar refractivity (Wildman–Crippen MR) is 93.1 cm³/mol. The summed E-state index contributed by atoms with van der Waals surface area (Å²) in [4.78, 5) is 2.76. The highest BCUT2D eigenvalue weighted by Gasteiger charge is 2.13. The van der Waals surface area contributed by atoms with Crippen molar-refractivity contribution in [2.24, 2.45) is 0 Å². The molecule has 0 atom stereocenters. The monoisotopic (exact) mass is 348 g/mol. The zero-order valence-corrected chi connectivity index (χ0v) is 15.4. The third kappa shape index (κ3) is 2.96. The summed E-state index contributed by atoms with van der Waals surface area (Å²) in [6, 6.07) is 6.80. The summed E-state index contributed by atoms with van der Waals surface area (Å²) >= 11 is 5.61. The van der Waals surface area contributed by atoms with Gasteiger partial charge in [-0.15, -0.1) is 0 Å². The van der Waals surface area contributed by atoms with Crippen molar-refractivity contribution in [1.29, 1.82) is 0 Å². The highest BCUT2D eigenvalue weighted by Crippen LogP contribution is 2.40. The third-order valence-electron chi connectivity index (χ3n) is 3.62. The molecule has 0 fully saturated rings. The molecule has 0 aliphatic heterocycles. The molecule has 2 heteroatoms. The lowest BCUT2D eigenvalue weighted by Crippen LogP contribution is -1.93. The molecule has 0 aliphatic carbocycles. The molecule has 0 bridgehead atoms. The van der Waals surface area contributed by atoms with Crippen molar-refractivity contribution in [2.45, 2.75) is 51.3 Å². The first kappa shape index (κ1) is 15.7. The summed E-state index contributed by atoms with van der Waals surface area (Å²) < 4.78 is 1.23. The molecule has 2 aromatic rings. The van der Waals surface area contributed by atoms with Crippen molar-refractivity contribution in [1.82, 2.24) is 0 Å². The normalized spacial score (nSPS) is 10.9. The summed E-state index contributed by atoms with van der Waals surface area (Å²) in [5.41, 5.74) is 8.06. The first-order valence-corrected chi connectivity index (χ1v) is 8.44. The van der Waals surface area contributed by atoms with Crippen LogP contribution in [0.4, 0.5) is 0 Å². The summed E-state index contributed by atoms with van der Waals surface area (Å²) in [7, 11) is 0. The highest BCUT2D eigenvalue weighted by molar-refractivity contribution is 9.10. The van der Waals surface area contributed by atoms with E-state index in [1.807, 2.05) is 11.8 Å². The molecule has 2 rings (SSSR count). The van der Waals surface area contributed by atoms with E-state index in [4.69, 9.17) is 0 Å². The fraction of sp³-hybridized carbons (Fsp3) is 0.333. The van der Waals surface area contributed by atoms with E-state index in [0.29, 0.717) is 0 Å². The van der Waals surface area contributed by atoms with Crippen LogP contribution < -0.4 is 0 Å². The largest absolute Gasteiger partial charge is 0.0889 e. The molecular weight excluding hydrogens is 328 g/mol. The van der Waals surface area contributed by atoms with E-state index >= 15 is 0 Å². The molecule has 0 aromatic heterocycles. The number of rotatable bonds is 2. The number of hydrogen-bond acceptors (Lipinski definition) is 1. The van der Waals surface area contributed by atoms with Crippen LogP contribution in [0.2, 0.25) is 0 Å². The molecule has 106 valence electrons. The van der Waals surface area contributed by atoms with Crippen LogP contribution in [0.3, 0.4) is 0 Å². The second-order valence-electron chi connectivity index (χ2n) is 5.61. The highest BCUT2D eigenvalue weighted by atomic mass is 79.9. The Balaban J connectivity index is 2.54. The van der Waals surface area contributed by atoms with Gasteiger partial charge in [-0.1, -0.05) is 51.5 Å². The Bertz CT molecular complexity index is 649. The summed E-state index contributed by atoms with van der Waals surface area (Å²) in [6.45, 7) is 13.1. The van der Waals surface area contributed by atoms with Gasteiger partial charge in [0.25, 0.3) is 0 Å². The summed E-state index contributed by atoms with van der Waals surface area (Å²) in [6.07, 6.45) is 0. The molecule has 0 spiro atoms.